The predicted octanol–water partition coefficient (Wildman–Crippen LogP) is 4.97. The molecule has 2 nitrogen and oxygen atoms in total. The second-order valence-electron chi connectivity index (χ2n) is 6.82. The van der Waals surface area contributed by atoms with Gasteiger partial charge >= 0.3 is 0 Å². The Morgan fingerprint density at radius 3 is 2.24 bits per heavy atom. The summed E-state index contributed by atoms with van der Waals surface area (Å²) in [5.74, 6) is -0.401. The fourth-order valence-corrected chi connectivity index (χ4v) is 3.33. The van der Waals surface area contributed by atoms with Crippen molar-refractivity contribution in [2.24, 2.45) is 5.92 Å². The molecule has 1 N–H and O–H groups in total. The normalized spacial score (nSPS) is 15.9. The van der Waals surface area contributed by atoms with Gasteiger partial charge in [0.25, 0.3) is 0 Å². The number of rotatable bonds is 6. The van der Waals surface area contributed by atoms with E-state index < -0.39 is 5.60 Å². The molecule has 2 aromatic rings. The van der Waals surface area contributed by atoms with Gasteiger partial charge < -0.3 is 10.0 Å². The highest BCUT2D eigenvalue weighted by Gasteiger charge is 2.37. The number of hydrogen-bond acceptors (Lipinski definition) is 2. The van der Waals surface area contributed by atoms with Crippen LogP contribution in [-0.4, -0.2) is 30.6 Å². The van der Waals surface area contributed by atoms with Gasteiger partial charge in [0.2, 0.25) is 0 Å². The molecule has 0 radical (unpaired) electrons. The third-order valence-corrected chi connectivity index (χ3v) is 4.74. The van der Waals surface area contributed by atoms with E-state index in [4.69, 9.17) is 11.6 Å². The maximum absolute atomic E-state index is 13.4. The summed E-state index contributed by atoms with van der Waals surface area (Å²) in [6.07, 6.45) is 1.95. The van der Waals surface area contributed by atoms with Gasteiger partial charge in [0.05, 0.1) is 0 Å². The van der Waals surface area contributed by atoms with Crippen LogP contribution in [0.1, 0.15) is 25.0 Å². The number of aliphatic hydroxyl groups is 1. The Morgan fingerprint density at radius 1 is 1.16 bits per heavy atom. The van der Waals surface area contributed by atoms with Crippen LogP contribution in [0, 0.1) is 11.7 Å². The number of halogens is 2. The Kier molecular flexibility index (Phi) is 6.39. The van der Waals surface area contributed by atoms with Gasteiger partial charge in [-0.3, -0.25) is 0 Å². The fourth-order valence-electron chi connectivity index (χ4n) is 3.20. The van der Waals surface area contributed by atoms with Gasteiger partial charge in [-0.25, -0.2) is 4.39 Å². The SMILES string of the molecule is CC(=Cc1ccc(Cl)cc1)C(O)(c1ccc(F)cc1)C(C)CN(C)C. The van der Waals surface area contributed by atoms with Crippen LogP contribution in [0.3, 0.4) is 0 Å². The molecule has 0 heterocycles. The molecule has 0 saturated heterocycles. The Hall–Kier alpha value is -1.68. The van der Waals surface area contributed by atoms with Crippen molar-refractivity contribution in [1.82, 2.24) is 4.90 Å². The molecular formula is C21H25ClFNO. The van der Waals surface area contributed by atoms with Crippen molar-refractivity contribution in [3.63, 3.8) is 0 Å². The first-order valence-corrected chi connectivity index (χ1v) is 8.68. The molecule has 4 heteroatoms. The summed E-state index contributed by atoms with van der Waals surface area (Å²) in [4.78, 5) is 2.04. The quantitative estimate of drug-likeness (QED) is 0.785. The average molecular weight is 362 g/mol. The lowest BCUT2D eigenvalue weighted by molar-refractivity contribution is 0.0105. The van der Waals surface area contributed by atoms with E-state index in [-0.39, 0.29) is 11.7 Å². The summed E-state index contributed by atoms with van der Waals surface area (Å²) in [6.45, 7) is 4.60. The van der Waals surface area contributed by atoms with Crippen LogP contribution in [0.25, 0.3) is 6.08 Å². The topological polar surface area (TPSA) is 23.5 Å². The molecule has 0 aliphatic carbocycles. The maximum Gasteiger partial charge on any atom is 0.123 e. The van der Waals surface area contributed by atoms with Crippen molar-refractivity contribution in [1.29, 1.82) is 0 Å². The van der Waals surface area contributed by atoms with E-state index in [2.05, 4.69) is 0 Å². The molecule has 0 spiro atoms. The van der Waals surface area contributed by atoms with Crippen molar-refractivity contribution in [2.75, 3.05) is 20.6 Å². The monoisotopic (exact) mass is 361 g/mol. The Bertz CT molecular complexity index is 725. The van der Waals surface area contributed by atoms with Gasteiger partial charge in [-0.1, -0.05) is 48.9 Å². The maximum atomic E-state index is 13.4. The minimum Gasteiger partial charge on any atom is -0.380 e. The van der Waals surface area contributed by atoms with Gasteiger partial charge in [-0.15, -0.1) is 0 Å². The van der Waals surface area contributed by atoms with Gasteiger partial charge in [0.15, 0.2) is 0 Å². The first-order chi connectivity index (χ1) is 11.7. The molecule has 0 bridgehead atoms. The first kappa shape index (κ1) is 19.6. The van der Waals surface area contributed by atoms with Crippen LogP contribution in [0.5, 0.6) is 0 Å². The Balaban J connectivity index is 2.49. The predicted molar refractivity (Wildman–Crippen MR) is 103 cm³/mol. The minimum absolute atomic E-state index is 0.0866. The molecule has 25 heavy (non-hydrogen) atoms. The largest absolute Gasteiger partial charge is 0.380 e. The zero-order chi connectivity index (χ0) is 18.6. The third-order valence-electron chi connectivity index (χ3n) is 4.49. The van der Waals surface area contributed by atoms with Crippen LogP contribution in [0.4, 0.5) is 4.39 Å². The Labute approximate surface area is 154 Å². The molecule has 134 valence electrons. The lowest BCUT2D eigenvalue weighted by Crippen LogP contribution is -2.40. The second-order valence-corrected chi connectivity index (χ2v) is 7.25. The summed E-state index contributed by atoms with van der Waals surface area (Å²) >= 11 is 5.95. The lowest BCUT2D eigenvalue weighted by Gasteiger charge is -2.37. The summed E-state index contributed by atoms with van der Waals surface area (Å²) in [5, 5.41) is 12.3. The van der Waals surface area contributed by atoms with Crippen molar-refractivity contribution < 1.29 is 9.50 Å². The lowest BCUT2D eigenvalue weighted by atomic mass is 9.76. The van der Waals surface area contributed by atoms with E-state index in [9.17, 15) is 9.50 Å². The molecule has 0 aromatic heterocycles. The first-order valence-electron chi connectivity index (χ1n) is 8.31. The standard InChI is InChI=1S/C21H25ClFNO/c1-15(13-17-5-9-19(22)10-6-17)21(25,16(2)14-24(3)4)18-7-11-20(23)12-8-18/h5-13,16,25H,14H2,1-4H3. The summed E-state index contributed by atoms with van der Waals surface area (Å²) in [6, 6.07) is 13.5. The molecule has 2 atom stereocenters. The highest BCUT2D eigenvalue weighted by molar-refractivity contribution is 6.30. The van der Waals surface area contributed by atoms with Gasteiger partial charge in [-0.2, -0.15) is 0 Å². The molecule has 0 aliphatic heterocycles. The van der Waals surface area contributed by atoms with E-state index in [1.165, 1.54) is 12.1 Å². The number of benzene rings is 2. The minimum atomic E-state index is -1.20. The van der Waals surface area contributed by atoms with Gasteiger partial charge in [0, 0.05) is 17.5 Å². The Morgan fingerprint density at radius 2 is 1.72 bits per heavy atom. The summed E-state index contributed by atoms with van der Waals surface area (Å²) < 4.78 is 13.4. The smallest absolute Gasteiger partial charge is 0.123 e. The number of hydrogen-bond donors (Lipinski definition) is 1. The summed E-state index contributed by atoms with van der Waals surface area (Å²) in [7, 11) is 3.94. The van der Waals surface area contributed by atoms with Crippen molar-refractivity contribution in [3.05, 3.63) is 76.1 Å². The molecule has 2 rings (SSSR count). The summed E-state index contributed by atoms with van der Waals surface area (Å²) in [5.41, 5.74) is 1.25. The van der Waals surface area contributed by atoms with Gasteiger partial charge in [0.1, 0.15) is 11.4 Å². The molecule has 0 saturated carbocycles. The van der Waals surface area contributed by atoms with E-state index in [0.29, 0.717) is 17.1 Å². The zero-order valence-electron chi connectivity index (χ0n) is 15.1. The van der Waals surface area contributed by atoms with Crippen molar-refractivity contribution >= 4 is 17.7 Å². The van der Waals surface area contributed by atoms with E-state index in [0.717, 1.165) is 11.1 Å². The van der Waals surface area contributed by atoms with E-state index in [1.54, 1.807) is 12.1 Å². The van der Waals surface area contributed by atoms with Crippen LogP contribution < -0.4 is 0 Å². The van der Waals surface area contributed by atoms with Crippen LogP contribution in [-0.2, 0) is 5.60 Å². The zero-order valence-corrected chi connectivity index (χ0v) is 15.9. The average Bonchev–Trinajstić information content (AvgIpc) is 2.56. The molecule has 2 unspecified atom stereocenters. The number of nitrogens with zero attached hydrogens (tertiary/aromatic N) is 1. The third kappa shape index (κ3) is 4.69. The van der Waals surface area contributed by atoms with Crippen molar-refractivity contribution in [3.8, 4) is 0 Å². The molecule has 0 fully saturated rings. The molecule has 0 aliphatic rings. The fraction of sp³-hybridized carbons (Fsp3) is 0.333. The van der Waals surface area contributed by atoms with E-state index in [1.807, 2.05) is 63.2 Å². The highest BCUT2D eigenvalue weighted by atomic mass is 35.5. The molecule has 2 aromatic carbocycles. The van der Waals surface area contributed by atoms with Gasteiger partial charge in [-0.05, 0) is 62.0 Å². The molecule has 0 amide bonds. The van der Waals surface area contributed by atoms with Crippen molar-refractivity contribution in [2.45, 2.75) is 19.4 Å². The van der Waals surface area contributed by atoms with E-state index >= 15 is 0 Å². The highest BCUT2D eigenvalue weighted by Crippen LogP contribution is 2.38. The van der Waals surface area contributed by atoms with Crippen LogP contribution in [0.2, 0.25) is 5.02 Å². The molecular weight excluding hydrogens is 337 g/mol. The second kappa shape index (κ2) is 8.13. The van der Waals surface area contributed by atoms with Crippen LogP contribution >= 0.6 is 11.6 Å². The van der Waals surface area contributed by atoms with Crippen LogP contribution in [0.15, 0.2) is 54.1 Å².